The van der Waals surface area contributed by atoms with Gasteiger partial charge in [0.25, 0.3) is 0 Å². The lowest BCUT2D eigenvalue weighted by Crippen LogP contribution is -2.23. The first-order chi connectivity index (χ1) is 16.7. The Morgan fingerprint density at radius 2 is 1.53 bits per heavy atom. The molecule has 4 aromatic rings. The van der Waals surface area contributed by atoms with Crippen molar-refractivity contribution in [1.82, 2.24) is 9.88 Å². The molecule has 0 aliphatic heterocycles. The average Bonchev–Trinajstić information content (AvgIpc) is 3.19. The minimum Gasteiger partial charge on any atom is -0.489 e. The maximum atomic E-state index is 6.11. The molecule has 0 fully saturated rings. The second-order valence-electron chi connectivity index (χ2n) is 8.99. The van der Waals surface area contributed by atoms with E-state index in [0.29, 0.717) is 6.61 Å². The summed E-state index contributed by atoms with van der Waals surface area (Å²) in [5.41, 5.74) is 6.55. The third-order valence-electron chi connectivity index (χ3n) is 6.19. The van der Waals surface area contributed by atoms with E-state index in [4.69, 9.17) is 4.74 Å². The van der Waals surface area contributed by atoms with Gasteiger partial charge in [0.1, 0.15) is 24.2 Å². The number of benzene rings is 3. The van der Waals surface area contributed by atoms with Crippen LogP contribution >= 0.6 is 0 Å². The number of imidazole rings is 1. The zero-order chi connectivity index (χ0) is 23.6. The van der Waals surface area contributed by atoms with Gasteiger partial charge in [0.05, 0.1) is 14.1 Å². The van der Waals surface area contributed by atoms with Gasteiger partial charge in [-0.25, -0.2) is 9.13 Å². The molecule has 0 atom stereocenters. The standard InChI is InChI=1S/C30H36N3O/c1-32-22-29(33(2)24-32)19-20-31-21-26-17-15-25(16-18-26)11-8-13-28-12-6-7-14-30(28)34-23-27-9-4-3-5-10-27/h3-7,9-10,12,14-18,22,24,31H,8,11,13,19-21,23H2,1-2H3/q+1. The maximum absolute atomic E-state index is 6.11. The molecule has 1 heterocycles. The van der Waals surface area contributed by atoms with E-state index in [1.54, 1.807) is 0 Å². The van der Waals surface area contributed by atoms with Crippen molar-refractivity contribution >= 4 is 0 Å². The fourth-order valence-corrected chi connectivity index (χ4v) is 4.29. The van der Waals surface area contributed by atoms with E-state index < -0.39 is 0 Å². The first-order valence-electron chi connectivity index (χ1n) is 12.2. The van der Waals surface area contributed by atoms with Gasteiger partial charge in [-0.15, -0.1) is 0 Å². The number of rotatable bonds is 12. The molecule has 0 saturated carbocycles. The molecule has 1 N–H and O–H groups in total. The van der Waals surface area contributed by atoms with Crippen LogP contribution in [0.15, 0.2) is 91.4 Å². The minimum atomic E-state index is 0.608. The highest BCUT2D eigenvalue weighted by Gasteiger charge is 2.07. The van der Waals surface area contributed by atoms with Crippen molar-refractivity contribution in [3.05, 3.63) is 119 Å². The van der Waals surface area contributed by atoms with Gasteiger partial charge in [0, 0.05) is 19.5 Å². The molecule has 0 unspecified atom stereocenters. The van der Waals surface area contributed by atoms with Gasteiger partial charge in [-0.3, -0.25) is 0 Å². The summed E-state index contributed by atoms with van der Waals surface area (Å²) in [7, 11) is 4.17. The first kappa shape index (κ1) is 23.8. The number of nitrogens with zero attached hydrogens (tertiary/aromatic N) is 2. The summed E-state index contributed by atoms with van der Waals surface area (Å²) in [6.45, 7) is 2.49. The zero-order valence-electron chi connectivity index (χ0n) is 20.4. The van der Waals surface area contributed by atoms with E-state index in [1.807, 2.05) is 6.07 Å². The van der Waals surface area contributed by atoms with Gasteiger partial charge < -0.3 is 10.1 Å². The van der Waals surface area contributed by atoms with Crippen molar-refractivity contribution in [3.8, 4) is 5.75 Å². The van der Waals surface area contributed by atoms with Gasteiger partial charge in [-0.05, 0) is 47.6 Å². The molecular formula is C30H36N3O+. The van der Waals surface area contributed by atoms with Crippen LogP contribution in [-0.2, 0) is 46.5 Å². The second kappa shape index (κ2) is 12.2. The Balaban J connectivity index is 1.19. The molecule has 3 aromatic carbocycles. The second-order valence-corrected chi connectivity index (χ2v) is 8.99. The van der Waals surface area contributed by atoms with Crippen molar-refractivity contribution in [2.45, 2.75) is 38.8 Å². The molecule has 4 heteroatoms. The Bertz CT molecular complexity index is 1150. The molecule has 0 aliphatic carbocycles. The summed E-state index contributed by atoms with van der Waals surface area (Å²) in [6, 6.07) is 27.8. The fourth-order valence-electron chi connectivity index (χ4n) is 4.29. The summed E-state index contributed by atoms with van der Waals surface area (Å²) in [5.74, 6) is 0.997. The largest absolute Gasteiger partial charge is 0.489 e. The van der Waals surface area contributed by atoms with E-state index >= 15 is 0 Å². The molecule has 0 amide bonds. The summed E-state index contributed by atoms with van der Waals surface area (Å²) >= 11 is 0. The van der Waals surface area contributed by atoms with Crippen LogP contribution in [0.1, 0.15) is 34.4 Å². The van der Waals surface area contributed by atoms with Crippen molar-refractivity contribution in [2.24, 2.45) is 14.1 Å². The van der Waals surface area contributed by atoms with Crippen LogP contribution < -0.4 is 14.6 Å². The molecule has 1 aromatic heterocycles. The SMILES string of the molecule is Cn1c[n+](C)cc1CCNCc1ccc(CCCc2ccccc2OCc2ccccc2)cc1. The normalized spacial score (nSPS) is 11.0. The van der Waals surface area contributed by atoms with Crippen LogP contribution in [0.2, 0.25) is 0 Å². The van der Waals surface area contributed by atoms with Crippen molar-refractivity contribution in [2.75, 3.05) is 6.54 Å². The third kappa shape index (κ3) is 7.06. The van der Waals surface area contributed by atoms with Crippen LogP contribution in [-0.4, -0.2) is 11.1 Å². The lowest BCUT2D eigenvalue weighted by Gasteiger charge is -2.12. The van der Waals surface area contributed by atoms with E-state index in [2.05, 4.69) is 114 Å². The van der Waals surface area contributed by atoms with Crippen molar-refractivity contribution < 1.29 is 9.30 Å². The fraction of sp³-hybridized carbons (Fsp3) is 0.300. The van der Waals surface area contributed by atoms with Gasteiger partial charge in [0.2, 0.25) is 6.33 Å². The molecule has 176 valence electrons. The topological polar surface area (TPSA) is 30.1 Å². The number of para-hydroxylation sites is 1. The smallest absolute Gasteiger partial charge is 0.243 e. The average molecular weight is 455 g/mol. The Morgan fingerprint density at radius 1 is 0.794 bits per heavy atom. The highest BCUT2D eigenvalue weighted by atomic mass is 16.5. The Kier molecular flexibility index (Phi) is 8.53. The quantitative estimate of drug-likeness (QED) is 0.243. The lowest BCUT2D eigenvalue weighted by molar-refractivity contribution is -0.671. The molecule has 0 aliphatic rings. The highest BCUT2D eigenvalue weighted by Crippen LogP contribution is 2.22. The van der Waals surface area contributed by atoms with Crippen molar-refractivity contribution in [1.29, 1.82) is 0 Å². The monoisotopic (exact) mass is 454 g/mol. The van der Waals surface area contributed by atoms with Crippen LogP contribution in [0.4, 0.5) is 0 Å². The van der Waals surface area contributed by atoms with E-state index in [-0.39, 0.29) is 0 Å². The van der Waals surface area contributed by atoms with Crippen LogP contribution in [0.5, 0.6) is 5.75 Å². The minimum absolute atomic E-state index is 0.608. The van der Waals surface area contributed by atoms with Crippen LogP contribution in [0.25, 0.3) is 0 Å². The molecule has 4 nitrogen and oxygen atoms in total. The molecule has 0 radical (unpaired) electrons. The Hall–Kier alpha value is -3.37. The van der Waals surface area contributed by atoms with E-state index in [9.17, 15) is 0 Å². The predicted molar refractivity (Wildman–Crippen MR) is 138 cm³/mol. The van der Waals surface area contributed by atoms with Crippen molar-refractivity contribution in [3.63, 3.8) is 0 Å². The molecular weight excluding hydrogens is 418 g/mol. The highest BCUT2D eigenvalue weighted by molar-refractivity contribution is 5.34. The number of ether oxygens (including phenoxy) is 1. The van der Waals surface area contributed by atoms with Gasteiger partial charge >= 0.3 is 0 Å². The summed E-state index contributed by atoms with van der Waals surface area (Å²) < 4.78 is 10.4. The van der Waals surface area contributed by atoms with Gasteiger partial charge in [0.15, 0.2) is 0 Å². The van der Waals surface area contributed by atoms with Crippen LogP contribution in [0, 0.1) is 0 Å². The van der Waals surface area contributed by atoms with E-state index in [0.717, 1.165) is 44.5 Å². The first-order valence-corrected chi connectivity index (χ1v) is 12.2. The molecule has 0 spiro atoms. The zero-order valence-corrected chi connectivity index (χ0v) is 20.4. The number of hydrogen-bond acceptors (Lipinski definition) is 2. The number of aromatic nitrogens is 2. The predicted octanol–water partition coefficient (Wildman–Crippen LogP) is 4.94. The Labute approximate surface area is 203 Å². The van der Waals surface area contributed by atoms with E-state index in [1.165, 1.54) is 27.9 Å². The number of hydrogen-bond donors (Lipinski definition) is 1. The third-order valence-corrected chi connectivity index (χ3v) is 6.19. The van der Waals surface area contributed by atoms with Gasteiger partial charge in [-0.2, -0.15) is 0 Å². The summed E-state index contributed by atoms with van der Waals surface area (Å²) in [4.78, 5) is 0. The van der Waals surface area contributed by atoms with Crippen LogP contribution in [0.3, 0.4) is 0 Å². The maximum Gasteiger partial charge on any atom is 0.243 e. The van der Waals surface area contributed by atoms with Gasteiger partial charge in [-0.1, -0.05) is 72.8 Å². The number of nitrogens with one attached hydrogen (secondary N) is 1. The molecule has 0 bridgehead atoms. The Morgan fingerprint density at radius 3 is 2.29 bits per heavy atom. The summed E-state index contributed by atoms with van der Waals surface area (Å²) in [6.07, 6.45) is 8.52. The lowest BCUT2D eigenvalue weighted by atomic mass is 10.0. The molecule has 0 saturated heterocycles. The number of aryl methyl sites for hydroxylation is 4. The molecule has 34 heavy (non-hydrogen) atoms. The summed E-state index contributed by atoms with van der Waals surface area (Å²) in [5, 5.41) is 3.56. The molecule has 4 rings (SSSR count).